The highest BCUT2D eigenvalue weighted by atomic mass is 32.2. The Balaban J connectivity index is 1.69. The second-order valence-electron chi connectivity index (χ2n) is 9.52. The topological polar surface area (TPSA) is 75.3 Å². The Kier molecular flexibility index (Phi) is 6.12. The van der Waals surface area contributed by atoms with Crippen molar-refractivity contribution in [2.24, 2.45) is 0 Å². The van der Waals surface area contributed by atoms with Gasteiger partial charge in [0, 0.05) is 12.6 Å². The maximum Gasteiger partial charge on any atom is 0.240 e. The van der Waals surface area contributed by atoms with Crippen molar-refractivity contribution in [1.29, 1.82) is 0 Å². The van der Waals surface area contributed by atoms with Crippen molar-refractivity contribution >= 4 is 15.9 Å². The van der Waals surface area contributed by atoms with Gasteiger partial charge in [-0.25, -0.2) is 13.1 Å². The average molecular weight is 429 g/mol. The molecular formula is C24H32N2O3S. The molecular weight excluding hydrogens is 396 g/mol. The van der Waals surface area contributed by atoms with Crippen LogP contribution in [0.1, 0.15) is 64.2 Å². The maximum atomic E-state index is 13.0. The number of hydrogen-bond donors (Lipinski definition) is 2. The van der Waals surface area contributed by atoms with Crippen LogP contribution in [0.15, 0.2) is 53.4 Å². The highest BCUT2D eigenvalue weighted by Crippen LogP contribution is 2.48. The third-order valence-corrected chi connectivity index (χ3v) is 7.20. The predicted octanol–water partition coefficient (Wildman–Crippen LogP) is 4.02. The smallest absolute Gasteiger partial charge is 0.240 e. The average Bonchev–Trinajstić information content (AvgIpc) is 3.47. The molecule has 2 N–H and O–H groups in total. The van der Waals surface area contributed by atoms with Gasteiger partial charge in [-0.15, -0.1) is 0 Å². The van der Waals surface area contributed by atoms with Crippen LogP contribution in [0.2, 0.25) is 0 Å². The van der Waals surface area contributed by atoms with Crippen LogP contribution in [-0.2, 0) is 32.2 Å². The van der Waals surface area contributed by atoms with Crippen LogP contribution < -0.4 is 10.0 Å². The first-order valence-corrected chi connectivity index (χ1v) is 11.9. The van der Waals surface area contributed by atoms with Crippen LogP contribution in [0.25, 0.3) is 0 Å². The van der Waals surface area contributed by atoms with Gasteiger partial charge in [-0.2, -0.15) is 0 Å². The van der Waals surface area contributed by atoms with Crippen molar-refractivity contribution in [2.45, 2.75) is 75.8 Å². The molecule has 2 aromatic rings. The molecule has 1 fully saturated rings. The van der Waals surface area contributed by atoms with E-state index in [2.05, 4.69) is 55.1 Å². The molecule has 0 bridgehead atoms. The van der Waals surface area contributed by atoms with Crippen LogP contribution >= 0.6 is 0 Å². The Bertz CT molecular complexity index is 1020. The minimum Gasteiger partial charge on any atom is -0.351 e. The number of benzene rings is 2. The Morgan fingerprint density at radius 1 is 1.07 bits per heavy atom. The molecule has 3 rings (SSSR count). The fourth-order valence-electron chi connectivity index (χ4n) is 3.61. The zero-order chi connectivity index (χ0) is 22.2. The molecule has 1 aliphatic rings. The van der Waals surface area contributed by atoms with Crippen LogP contribution in [0.5, 0.6) is 0 Å². The van der Waals surface area contributed by atoms with Gasteiger partial charge < -0.3 is 5.32 Å². The molecule has 5 nitrogen and oxygen atoms in total. The number of hydrogen-bond acceptors (Lipinski definition) is 3. The van der Waals surface area contributed by atoms with E-state index in [1.54, 1.807) is 32.0 Å². The minimum atomic E-state index is -3.56. The number of carbonyl (C=O) groups is 1. The summed E-state index contributed by atoms with van der Waals surface area (Å²) in [6.07, 6.45) is 1.67. The van der Waals surface area contributed by atoms with Gasteiger partial charge >= 0.3 is 0 Å². The lowest BCUT2D eigenvalue weighted by atomic mass is 9.85. The third kappa shape index (κ3) is 4.93. The van der Waals surface area contributed by atoms with Crippen LogP contribution in [0.4, 0.5) is 0 Å². The molecule has 0 unspecified atom stereocenters. The fraction of sp³-hybridized carbons (Fsp3) is 0.458. The quantitative estimate of drug-likeness (QED) is 0.699. The first-order chi connectivity index (χ1) is 13.9. The van der Waals surface area contributed by atoms with E-state index in [0.29, 0.717) is 6.54 Å². The molecule has 30 heavy (non-hydrogen) atoms. The third-order valence-electron chi connectivity index (χ3n) is 5.54. The molecule has 1 amide bonds. The van der Waals surface area contributed by atoms with E-state index in [4.69, 9.17) is 0 Å². The molecule has 2 aromatic carbocycles. The fourth-order valence-corrected chi connectivity index (χ4v) is 4.93. The minimum absolute atomic E-state index is 0.000394. The van der Waals surface area contributed by atoms with E-state index in [9.17, 15) is 13.2 Å². The Hall–Kier alpha value is -2.18. The molecule has 6 heteroatoms. The lowest BCUT2D eigenvalue weighted by Gasteiger charge is -2.21. The summed E-state index contributed by atoms with van der Waals surface area (Å²) in [5.41, 5.74) is 2.67. The SMILES string of the molecule is CC(C)NS(=O)(=O)c1cccc(CNC(=O)C2(c3ccc(C(C)(C)C)cc3)CC2)c1. The number of nitrogens with one attached hydrogen (secondary N) is 2. The van der Waals surface area contributed by atoms with E-state index in [-0.39, 0.29) is 22.3 Å². The highest BCUT2D eigenvalue weighted by molar-refractivity contribution is 7.89. The van der Waals surface area contributed by atoms with Crippen molar-refractivity contribution in [2.75, 3.05) is 0 Å². The summed E-state index contributed by atoms with van der Waals surface area (Å²) in [5, 5.41) is 3.01. The zero-order valence-electron chi connectivity index (χ0n) is 18.5. The lowest BCUT2D eigenvalue weighted by molar-refractivity contribution is -0.123. The summed E-state index contributed by atoms with van der Waals surface area (Å²) in [6.45, 7) is 10.4. The number of carbonyl (C=O) groups excluding carboxylic acids is 1. The molecule has 0 aliphatic heterocycles. The van der Waals surface area contributed by atoms with Gasteiger partial charge in [0.05, 0.1) is 10.3 Å². The highest BCUT2D eigenvalue weighted by Gasteiger charge is 2.51. The molecule has 1 aliphatic carbocycles. The van der Waals surface area contributed by atoms with E-state index in [0.717, 1.165) is 24.0 Å². The van der Waals surface area contributed by atoms with Crippen LogP contribution in [-0.4, -0.2) is 20.4 Å². The van der Waals surface area contributed by atoms with E-state index in [1.807, 2.05) is 6.07 Å². The molecule has 1 saturated carbocycles. The summed E-state index contributed by atoms with van der Waals surface area (Å²) >= 11 is 0. The number of amides is 1. The largest absolute Gasteiger partial charge is 0.351 e. The van der Waals surface area contributed by atoms with Crippen molar-refractivity contribution < 1.29 is 13.2 Å². The zero-order valence-corrected chi connectivity index (χ0v) is 19.3. The summed E-state index contributed by atoms with van der Waals surface area (Å²) in [7, 11) is -3.56. The van der Waals surface area contributed by atoms with Crippen molar-refractivity contribution in [1.82, 2.24) is 10.0 Å². The van der Waals surface area contributed by atoms with Crippen molar-refractivity contribution in [3.63, 3.8) is 0 Å². The summed E-state index contributed by atoms with van der Waals surface area (Å²) in [6, 6.07) is 14.9. The number of rotatable bonds is 7. The van der Waals surface area contributed by atoms with E-state index < -0.39 is 15.4 Å². The van der Waals surface area contributed by atoms with Gasteiger partial charge in [0.15, 0.2) is 0 Å². The van der Waals surface area contributed by atoms with Crippen molar-refractivity contribution in [3.8, 4) is 0 Å². The Morgan fingerprint density at radius 2 is 1.70 bits per heavy atom. The molecule has 0 heterocycles. The molecule has 0 radical (unpaired) electrons. The molecule has 0 atom stereocenters. The first kappa shape index (κ1) is 22.5. The van der Waals surface area contributed by atoms with E-state index in [1.165, 1.54) is 5.56 Å². The monoisotopic (exact) mass is 428 g/mol. The van der Waals surface area contributed by atoms with E-state index >= 15 is 0 Å². The summed E-state index contributed by atoms with van der Waals surface area (Å²) in [4.78, 5) is 13.2. The summed E-state index contributed by atoms with van der Waals surface area (Å²) in [5.74, 6) is -0.000394. The Morgan fingerprint density at radius 3 is 2.23 bits per heavy atom. The standard InChI is InChI=1S/C24H32N2O3S/c1-17(2)26-30(28,29)21-8-6-7-18(15-21)16-25-22(27)24(13-14-24)20-11-9-19(10-12-20)23(3,4)5/h6-12,15,17,26H,13-14,16H2,1-5H3,(H,25,27). The molecule has 0 saturated heterocycles. The van der Waals surface area contributed by atoms with Gasteiger partial charge in [0.1, 0.15) is 0 Å². The maximum absolute atomic E-state index is 13.0. The second kappa shape index (κ2) is 8.16. The molecule has 162 valence electrons. The Labute approximate surface area is 180 Å². The predicted molar refractivity (Wildman–Crippen MR) is 120 cm³/mol. The van der Waals surface area contributed by atoms with Gasteiger partial charge in [-0.3, -0.25) is 4.79 Å². The lowest BCUT2D eigenvalue weighted by Crippen LogP contribution is -2.34. The molecule has 0 aromatic heterocycles. The van der Waals surface area contributed by atoms with Gasteiger partial charge in [-0.1, -0.05) is 57.2 Å². The van der Waals surface area contributed by atoms with Crippen LogP contribution in [0.3, 0.4) is 0 Å². The van der Waals surface area contributed by atoms with Crippen molar-refractivity contribution in [3.05, 3.63) is 65.2 Å². The summed E-state index contributed by atoms with van der Waals surface area (Å²) < 4.78 is 27.4. The van der Waals surface area contributed by atoms with Gasteiger partial charge in [0.2, 0.25) is 15.9 Å². The normalized spacial score (nSPS) is 15.8. The first-order valence-electron chi connectivity index (χ1n) is 10.4. The number of sulfonamides is 1. The van der Waals surface area contributed by atoms with Gasteiger partial charge in [-0.05, 0) is 60.9 Å². The molecule has 0 spiro atoms. The van der Waals surface area contributed by atoms with Gasteiger partial charge in [0.25, 0.3) is 0 Å². The second-order valence-corrected chi connectivity index (χ2v) is 11.2. The van der Waals surface area contributed by atoms with Crippen LogP contribution in [0, 0.1) is 0 Å².